The minimum atomic E-state index is -4.97. The minimum Gasteiger partial charge on any atom is -0.362 e. The van der Waals surface area contributed by atoms with E-state index < -0.39 is 24.1 Å². The molecular weight excluding hydrogens is 382 g/mol. The zero-order valence-corrected chi connectivity index (χ0v) is 14.8. The van der Waals surface area contributed by atoms with Gasteiger partial charge in [-0.1, -0.05) is 29.5 Å². The van der Waals surface area contributed by atoms with Crippen molar-refractivity contribution in [3.8, 4) is 0 Å². The van der Waals surface area contributed by atoms with Gasteiger partial charge in [0.05, 0.1) is 22.3 Å². The molecule has 27 heavy (non-hydrogen) atoms. The Morgan fingerprint density at radius 1 is 1.15 bits per heavy atom. The molecule has 4 nitrogen and oxygen atoms in total. The number of aryl methyl sites for hydroxylation is 1. The average molecular weight is 395 g/mol. The third-order valence-electron chi connectivity index (χ3n) is 4.33. The highest BCUT2D eigenvalue weighted by Gasteiger charge is 2.62. The van der Waals surface area contributed by atoms with E-state index in [1.54, 1.807) is 12.1 Å². The van der Waals surface area contributed by atoms with Crippen LogP contribution in [-0.4, -0.2) is 27.7 Å². The van der Waals surface area contributed by atoms with Gasteiger partial charge in [-0.3, -0.25) is 0 Å². The van der Waals surface area contributed by atoms with Gasteiger partial charge in [-0.05, 0) is 42.3 Å². The molecule has 4 rings (SSSR count). The molecule has 1 aromatic heterocycles. The highest BCUT2D eigenvalue weighted by Crippen LogP contribution is 2.45. The molecule has 1 aliphatic heterocycles. The van der Waals surface area contributed by atoms with E-state index in [1.165, 1.54) is 12.1 Å². The lowest BCUT2D eigenvalue weighted by atomic mass is 10.0. The number of anilines is 1. The first-order chi connectivity index (χ1) is 12.7. The van der Waals surface area contributed by atoms with Crippen molar-refractivity contribution in [2.75, 3.05) is 5.01 Å². The summed E-state index contributed by atoms with van der Waals surface area (Å²) in [6.45, 7) is 1.87. The van der Waals surface area contributed by atoms with Crippen LogP contribution in [-0.2, 0) is 0 Å². The second-order valence-electron chi connectivity index (χ2n) is 6.32. The molecule has 2 aromatic carbocycles. The second-order valence-corrected chi connectivity index (χ2v) is 7.33. The fourth-order valence-electron chi connectivity index (χ4n) is 2.88. The van der Waals surface area contributed by atoms with Crippen LogP contribution >= 0.6 is 11.3 Å². The van der Waals surface area contributed by atoms with Crippen molar-refractivity contribution in [2.24, 2.45) is 5.10 Å². The Morgan fingerprint density at radius 3 is 2.52 bits per heavy atom. The van der Waals surface area contributed by atoms with E-state index in [0.717, 1.165) is 29.0 Å². The Hall–Kier alpha value is -2.52. The summed E-state index contributed by atoms with van der Waals surface area (Å²) in [6, 6.07) is 10.2. The maximum atomic E-state index is 13.7. The molecule has 0 bridgehead atoms. The largest absolute Gasteiger partial charge is 0.438 e. The van der Waals surface area contributed by atoms with Crippen LogP contribution in [0.2, 0.25) is 0 Å². The topological polar surface area (TPSA) is 48.7 Å². The van der Waals surface area contributed by atoms with E-state index in [9.17, 15) is 22.7 Å². The van der Waals surface area contributed by atoms with E-state index >= 15 is 0 Å². The number of benzene rings is 2. The maximum Gasteiger partial charge on any atom is 0.438 e. The van der Waals surface area contributed by atoms with Crippen LogP contribution in [0.15, 0.2) is 47.6 Å². The van der Waals surface area contributed by atoms with E-state index in [1.807, 2.05) is 13.0 Å². The predicted octanol–water partition coefficient (Wildman–Crippen LogP) is 4.61. The lowest BCUT2D eigenvalue weighted by Crippen LogP contribution is -2.55. The molecule has 0 amide bonds. The number of thiazole rings is 1. The van der Waals surface area contributed by atoms with Crippen molar-refractivity contribution >= 4 is 32.4 Å². The van der Waals surface area contributed by atoms with Crippen molar-refractivity contribution < 1.29 is 22.7 Å². The summed E-state index contributed by atoms with van der Waals surface area (Å²) in [5.74, 6) is -0.512. The Morgan fingerprint density at radius 2 is 1.85 bits per heavy atom. The third kappa shape index (κ3) is 2.96. The fourth-order valence-corrected chi connectivity index (χ4v) is 3.96. The SMILES string of the molecule is Cc1ccc2nc(N3N=C(c4ccc(F)cc4)CC3(O)C(F)(F)F)sc2c1. The number of fused-ring (bicyclic) bond motifs is 1. The van der Waals surface area contributed by atoms with Gasteiger partial charge in [-0.2, -0.15) is 23.3 Å². The van der Waals surface area contributed by atoms with Gasteiger partial charge in [0, 0.05) is 0 Å². The first-order valence-corrected chi connectivity index (χ1v) is 8.79. The van der Waals surface area contributed by atoms with Crippen LogP contribution in [0.25, 0.3) is 10.2 Å². The molecule has 140 valence electrons. The normalized spacial score (nSPS) is 20.4. The summed E-state index contributed by atoms with van der Waals surface area (Å²) in [7, 11) is 0. The number of alkyl halides is 3. The minimum absolute atomic E-state index is 0.00487. The Balaban J connectivity index is 1.83. The zero-order valence-electron chi connectivity index (χ0n) is 14.0. The van der Waals surface area contributed by atoms with E-state index in [-0.39, 0.29) is 10.8 Å². The number of aliphatic hydroxyl groups is 1. The molecule has 0 saturated carbocycles. The van der Waals surface area contributed by atoms with Crippen molar-refractivity contribution in [3.05, 3.63) is 59.4 Å². The fraction of sp³-hybridized carbons (Fsp3) is 0.222. The number of hydrogen-bond acceptors (Lipinski definition) is 5. The number of nitrogens with zero attached hydrogens (tertiary/aromatic N) is 3. The number of aromatic nitrogens is 1. The lowest BCUT2D eigenvalue weighted by Gasteiger charge is -2.32. The van der Waals surface area contributed by atoms with Crippen LogP contribution in [0.3, 0.4) is 0 Å². The van der Waals surface area contributed by atoms with Gasteiger partial charge >= 0.3 is 6.18 Å². The monoisotopic (exact) mass is 395 g/mol. The molecule has 0 spiro atoms. The quantitative estimate of drug-likeness (QED) is 0.645. The summed E-state index contributed by atoms with van der Waals surface area (Å²) in [6.07, 6.45) is -5.75. The van der Waals surface area contributed by atoms with E-state index in [2.05, 4.69) is 10.1 Å². The molecular formula is C18H13F4N3OS. The molecule has 0 saturated heterocycles. The Bertz CT molecular complexity index is 1040. The summed E-state index contributed by atoms with van der Waals surface area (Å²) >= 11 is 1.01. The van der Waals surface area contributed by atoms with Crippen LogP contribution < -0.4 is 5.01 Å². The molecule has 2 heterocycles. The third-order valence-corrected chi connectivity index (χ3v) is 5.32. The molecule has 9 heteroatoms. The van der Waals surface area contributed by atoms with Crippen molar-refractivity contribution in [1.29, 1.82) is 0 Å². The second kappa shape index (κ2) is 6.00. The number of rotatable bonds is 2. The van der Waals surface area contributed by atoms with Gasteiger partial charge in [-0.15, -0.1) is 0 Å². The standard InChI is InChI=1S/C18H13F4N3OS/c1-10-2-7-13-15(8-10)27-16(23-13)25-17(26,18(20,21)22)9-14(24-25)11-3-5-12(19)6-4-11/h2-8,26H,9H2,1H3. The molecule has 1 atom stereocenters. The molecule has 0 aliphatic carbocycles. The molecule has 3 aromatic rings. The van der Waals surface area contributed by atoms with Crippen molar-refractivity contribution in [1.82, 2.24) is 4.98 Å². The van der Waals surface area contributed by atoms with Crippen molar-refractivity contribution in [3.63, 3.8) is 0 Å². The smallest absolute Gasteiger partial charge is 0.362 e. The van der Waals surface area contributed by atoms with Gasteiger partial charge in [0.25, 0.3) is 5.72 Å². The number of hydrogen-bond donors (Lipinski definition) is 1. The highest BCUT2D eigenvalue weighted by molar-refractivity contribution is 7.22. The predicted molar refractivity (Wildman–Crippen MR) is 95.4 cm³/mol. The summed E-state index contributed by atoms with van der Waals surface area (Å²) in [4.78, 5) is 4.20. The van der Waals surface area contributed by atoms with Gasteiger partial charge in [0.15, 0.2) is 0 Å². The maximum absolute atomic E-state index is 13.7. The average Bonchev–Trinajstić information content (AvgIpc) is 3.16. The lowest BCUT2D eigenvalue weighted by molar-refractivity contribution is -0.254. The van der Waals surface area contributed by atoms with Crippen LogP contribution in [0.1, 0.15) is 17.5 Å². The summed E-state index contributed by atoms with van der Waals surface area (Å²) < 4.78 is 54.9. The number of halogens is 4. The summed E-state index contributed by atoms with van der Waals surface area (Å²) in [5, 5.41) is 14.9. The summed E-state index contributed by atoms with van der Waals surface area (Å²) in [5.41, 5.74) is -1.44. The molecule has 1 N–H and O–H groups in total. The van der Waals surface area contributed by atoms with Crippen LogP contribution in [0.5, 0.6) is 0 Å². The number of hydrazone groups is 1. The van der Waals surface area contributed by atoms with Gasteiger partial charge in [-0.25, -0.2) is 9.37 Å². The van der Waals surface area contributed by atoms with Crippen LogP contribution in [0, 0.1) is 12.7 Å². The molecule has 1 unspecified atom stereocenters. The highest BCUT2D eigenvalue weighted by atomic mass is 32.1. The van der Waals surface area contributed by atoms with Crippen molar-refractivity contribution in [2.45, 2.75) is 25.2 Å². The first kappa shape index (κ1) is 17.9. The Kier molecular flexibility index (Phi) is 3.97. The molecule has 0 fully saturated rings. The Labute approximate surface area is 155 Å². The zero-order chi connectivity index (χ0) is 19.4. The molecule has 0 radical (unpaired) electrons. The first-order valence-electron chi connectivity index (χ1n) is 7.97. The van der Waals surface area contributed by atoms with Gasteiger partial charge in [0.2, 0.25) is 5.13 Å². The van der Waals surface area contributed by atoms with Gasteiger partial charge in [0.1, 0.15) is 5.82 Å². The van der Waals surface area contributed by atoms with E-state index in [0.29, 0.717) is 20.8 Å². The molecule has 1 aliphatic rings. The van der Waals surface area contributed by atoms with E-state index in [4.69, 9.17) is 0 Å². The van der Waals surface area contributed by atoms with Gasteiger partial charge < -0.3 is 5.11 Å². The van der Waals surface area contributed by atoms with Crippen LogP contribution in [0.4, 0.5) is 22.7 Å².